The summed E-state index contributed by atoms with van der Waals surface area (Å²) in [5.41, 5.74) is -0.690. The Morgan fingerprint density at radius 2 is 1.15 bits per heavy atom. The molecule has 1 aromatic carbocycles. The van der Waals surface area contributed by atoms with E-state index >= 15 is 0 Å². The maximum atomic E-state index is 11.3. The summed E-state index contributed by atoms with van der Waals surface area (Å²) < 4.78 is 0. The monoisotopic (exact) mass is 280 g/mol. The molecule has 0 atom stereocenters. The third kappa shape index (κ3) is 3.12. The van der Waals surface area contributed by atoms with Crippen LogP contribution in [0.25, 0.3) is 0 Å². The van der Waals surface area contributed by atoms with Crippen molar-refractivity contribution in [3.05, 3.63) is 43.5 Å². The highest BCUT2D eigenvalue weighted by atomic mass is 16.6. The molecule has 0 aromatic heterocycles. The second kappa shape index (κ2) is 4.85. The first-order valence-electron chi connectivity index (χ1n) is 6.33. The van der Waals surface area contributed by atoms with Crippen molar-refractivity contribution in [2.75, 3.05) is 0 Å². The summed E-state index contributed by atoms with van der Waals surface area (Å²) in [5, 5.41) is 22.6. The number of benzene rings is 1. The van der Waals surface area contributed by atoms with Crippen LogP contribution in [0.4, 0.5) is 11.4 Å². The van der Waals surface area contributed by atoms with Crippen LogP contribution >= 0.6 is 0 Å². The lowest BCUT2D eigenvalue weighted by molar-refractivity contribution is -0.396. The molecule has 1 rings (SSSR count). The highest BCUT2D eigenvalue weighted by molar-refractivity contribution is 5.60. The highest BCUT2D eigenvalue weighted by Gasteiger charge is 2.36. The number of nitrogens with zero attached hydrogens (tertiary/aromatic N) is 2. The summed E-state index contributed by atoms with van der Waals surface area (Å²) in [7, 11) is 0. The van der Waals surface area contributed by atoms with Gasteiger partial charge in [-0.1, -0.05) is 41.5 Å². The van der Waals surface area contributed by atoms with Gasteiger partial charge in [0, 0.05) is 17.5 Å². The Morgan fingerprint density at radius 1 is 0.800 bits per heavy atom. The van der Waals surface area contributed by atoms with E-state index in [0.717, 1.165) is 0 Å². The van der Waals surface area contributed by atoms with Crippen molar-refractivity contribution < 1.29 is 9.85 Å². The zero-order valence-electron chi connectivity index (χ0n) is 12.7. The summed E-state index contributed by atoms with van der Waals surface area (Å²) in [6.07, 6.45) is 0. The van der Waals surface area contributed by atoms with Gasteiger partial charge in [-0.25, -0.2) is 0 Å². The topological polar surface area (TPSA) is 86.3 Å². The first-order valence-corrected chi connectivity index (χ1v) is 6.33. The third-order valence-electron chi connectivity index (χ3n) is 3.11. The molecule has 0 heterocycles. The number of nitro benzene ring substituents is 2. The van der Waals surface area contributed by atoms with Crippen molar-refractivity contribution in [2.24, 2.45) is 0 Å². The lowest BCUT2D eigenvalue weighted by atomic mass is 9.80. The van der Waals surface area contributed by atoms with Crippen LogP contribution in [0, 0.1) is 20.2 Å². The fourth-order valence-electron chi connectivity index (χ4n) is 2.10. The number of hydrogen-bond donors (Lipinski definition) is 0. The van der Waals surface area contributed by atoms with Crippen LogP contribution in [0.15, 0.2) is 12.1 Å². The van der Waals surface area contributed by atoms with Gasteiger partial charge in [0.1, 0.15) is 5.56 Å². The predicted molar refractivity (Wildman–Crippen MR) is 77.2 cm³/mol. The Hall–Kier alpha value is -1.98. The largest absolute Gasteiger partial charge is 0.280 e. The standard InChI is InChI=1S/C14H20N2O4/c1-13(2,3)9-7-10(15(17)18)12(14(4,5)6)11(8-9)16(19)20/h7-8H,1-6H3. The molecule has 0 aliphatic rings. The summed E-state index contributed by atoms with van der Waals surface area (Å²) in [6, 6.07) is 2.90. The number of rotatable bonds is 2. The van der Waals surface area contributed by atoms with Crippen molar-refractivity contribution in [3.8, 4) is 0 Å². The molecule has 0 aliphatic heterocycles. The van der Waals surface area contributed by atoms with Crippen LogP contribution < -0.4 is 0 Å². The van der Waals surface area contributed by atoms with Crippen molar-refractivity contribution in [3.63, 3.8) is 0 Å². The third-order valence-corrected chi connectivity index (χ3v) is 3.11. The highest BCUT2D eigenvalue weighted by Crippen LogP contribution is 2.41. The Kier molecular flexibility index (Phi) is 3.90. The Bertz CT molecular complexity index is 531. The van der Waals surface area contributed by atoms with Crippen LogP contribution in [0.1, 0.15) is 52.7 Å². The van der Waals surface area contributed by atoms with Crippen LogP contribution in [0.2, 0.25) is 0 Å². The van der Waals surface area contributed by atoms with Crippen LogP contribution in [0.3, 0.4) is 0 Å². The van der Waals surface area contributed by atoms with E-state index in [-0.39, 0.29) is 16.9 Å². The fourth-order valence-corrected chi connectivity index (χ4v) is 2.10. The minimum atomic E-state index is -0.679. The zero-order valence-corrected chi connectivity index (χ0v) is 12.7. The molecule has 0 saturated carbocycles. The molecule has 6 heteroatoms. The molecule has 1 aromatic rings. The Morgan fingerprint density at radius 3 is 1.35 bits per heavy atom. The van der Waals surface area contributed by atoms with Gasteiger partial charge in [0.25, 0.3) is 11.4 Å². The van der Waals surface area contributed by atoms with E-state index in [0.29, 0.717) is 5.56 Å². The molecule has 6 nitrogen and oxygen atoms in total. The van der Waals surface area contributed by atoms with E-state index in [9.17, 15) is 20.2 Å². The molecule has 0 fully saturated rings. The molecule has 0 spiro atoms. The molecule has 0 bridgehead atoms. The molecule has 0 N–H and O–H groups in total. The molecule has 0 amide bonds. The minimum Gasteiger partial charge on any atom is -0.258 e. The van der Waals surface area contributed by atoms with E-state index in [1.807, 2.05) is 20.8 Å². The quantitative estimate of drug-likeness (QED) is 0.602. The molecule has 0 saturated heterocycles. The predicted octanol–water partition coefficient (Wildman–Crippen LogP) is 4.10. The molecule has 0 unspecified atom stereocenters. The maximum absolute atomic E-state index is 11.3. The molecule has 110 valence electrons. The van der Waals surface area contributed by atoms with E-state index in [2.05, 4.69) is 0 Å². The van der Waals surface area contributed by atoms with Gasteiger partial charge in [-0.2, -0.15) is 0 Å². The Balaban J connectivity index is 3.83. The van der Waals surface area contributed by atoms with Gasteiger partial charge in [-0.15, -0.1) is 0 Å². The van der Waals surface area contributed by atoms with Gasteiger partial charge in [-0.3, -0.25) is 20.2 Å². The Labute approximate surface area is 118 Å². The average molecular weight is 280 g/mol. The maximum Gasteiger partial charge on any atom is 0.280 e. The van der Waals surface area contributed by atoms with Crippen molar-refractivity contribution in [1.82, 2.24) is 0 Å². The first-order chi connectivity index (χ1) is 8.85. The summed E-state index contributed by atoms with van der Waals surface area (Å²) in [6.45, 7) is 10.8. The van der Waals surface area contributed by atoms with Crippen LogP contribution in [0.5, 0.6) is 0 Å². The van der Waals surface area contributed by atoms with E-state index in [1.54, 1.807) is 20.8 Å². The fraction of sp³-hybridized carbons (Fsp3) is 0.571. The van der Waals surface area contributed by atoms with Crippen molar-refractivity contribution in [1.29, 1.82) is 0 Å². The molecular weight excluding hydrogens is 260 g/mol. The second-order valence-corrected chi connectivity index (χ2v) is 6.90. The number of nitro groups is 2. The smallest absolute Gasteiger partial charge is 0.258 e. The lowest BCUT2D eigenvalue weighted by Crippen LogP contribution is -2.19. The molecule has 20 heavy (non-hydrogen) atoms. The summed E-state index contributed by atoms with van der Waals surface area (Å²) in [4.78, 5) is 21.5. The molecular formula is C14H20N2O4. The minimum absolute atomic E-state index is 0.167. The van der Waals surface area contributed by atoms with Gasteiger partial charge < -0.3 is 0 Å². The van der Waals surface area contributed by atoms with Crippen molar-refractivity contribution >= 4 is 11.4 Å². The number of hydrogen-bond acceptors (Lipinski definition) is 4. The first kappa shape index (κ1) is 16.1. The summed E-state index contributed by atoms with van der Waals surface area (Å²) in [5.74, 6) is 0. The lowest BCUT2D eigenvalue weighted by Gasteiger charge is -2.23. The van der Waals surface area contributed by atoms with Gasteiger partial charge in [0.05, 0.1) is 9.85 Å². The summed E-state index contributed by atoms with van der Waals surface area (Å²) >= 11 is 0. The van der Waals surface area contributed by atoms with E-state index in [4.69, 9.17) is 0 Å². The zero-order chi connectivity index (χ0) is 15.9. The van der Waals surface area contributed by atoms with Crippen LogP contribution in [-0.2, 0) is 10.8 Å². The van der Waals surface area contributed by atoms with Gasteiger partial charge in [0.2, 0.25) is 0 Å². The van der Waals surface area contributed by atoms with Crippen LogP contribution in [-0.4, -0.2) is 9.85 Å². The average Bonchev–Trinajstić information content (AvgIpc) is 2.24. The normalized spacial score (nSPS) is 12.3. The van der Waals surface area contributed by atoms with Gasteiger partial charge in [0.15, 0.2) is 0 Å². The second-order valence-electron chi connectivity index (χ2n) is 6.90. The molecule has 0 radical (unpaired) electrons. The van der Waals surface area contributed by atoms with Crippen molar-refractivity contribution in [2.45, 2.75) is 52.4 Å². The van der Waals surface area contributed by atoms with Gasteiger partial charge in [-0.05, 0) is 11.0 Å². The van der Waals surface area contributed by atoms with E-state index in [1.165, 1.54) is 12.1 Å². The van der Waals surface area contributed by atoms with Gasteiger partial charge >= 0.3 is 0 Å². The molecule has 0 aliphatic carbocycles. The SMILES string of the molecule is CC(C)(C)c1cc([N+](=O)[O-])c(C(C)(C)C)c([N+](=O)[O-])c1. The van der Waals surface area contributed by atoms with E-state index < -0.39 is 20.7 Å².